The third kappa shape index (κ3) is 4.89. The number of aromatic nitrogens is 2. The summed E-state index contributed by atoms with van der Waals surface area (Å²) in [5.74, 6) is -1.44. The Morgan fingerprint density at radius 1 is 1.24 bits per heavy atom. The molecule has 3 aromatic rings. The van der Waals surface area contributed by atoms with Gasteiger partial charge in [0.1, 0.15) is 17.0 Å². The summed E-state index contributed by atoms with van der Waals surface area (Å²) in [5, 5.41) is 30.0. The molecule has 12 heteroatoms. The number of nitrogens with zero attached hydrogens (tertiary/aromatic N) is 4. The van der Waals surface area contributed by atoms with Crippen molar-refractivity contribution < 1.29 is 29.2 Å². The fraction of sp³-hybridized carbons (Fsp3) is 0.483. The van der Waals surface area contributed by atoms with Gasteiger partial charge >= 0.3 is 5.97 Å². The molecule has 3 aliphatic rings. The summed E-state index contributed by atoms with van der Waals surface area (Å²) >= 11 is 0. The molecule has 3 N–H and O–H groups in total. The molecular weight excluding hydrogens is 555 g/mol. The molecule has 2 atom stereocenters. The number of hydrogen-bond donors (Lipinski definition) is 3. The van der Waals surface area contributed by atoms with E-state index in [2.05, 4.69) is 9.88 Å². The van der Waals surface area contributed by atoms with Gasteiger partial charge in [0.2, 0.25) is 5.43 Å². The van der Waals surface area contributed by atoms with Crippen molar-refractivity contribution in [1.82, 2.24) is 14.5 Å². The molecule has 2 aliphatic heterocycles. The largest absolute Gasteiger partial charge is 0.506 e. The van der Waals surface area contributed by atoms with Crippen molar-refractivity contribution >= 4 is 35.0 Å². The predicted molar refractivity (Wildman–Crippen MR) is 153 cm³/mol. The molecule has 0 radical (unpaired) electrons. The summed E-state index contributed by atoms with van der Waals surface area (Å²) < 4.78 is 23.4. The minimum atomic E-state index is -1.34. The number of ether oxygens (including phenoxy) is 1. The molecule has 220 valence electrons. The number of aliphatic hydroxyl groups excluding tert-OH is 1. The second kappa shape index (κ2) is 11.1. The molecule has 6 rings (SSSR count). The SMILES string of the molecule is COc1c(N2C[C@@H]3CCCN(Cc4cnc(C)c(O)c4CO)[C@@H]3C2)c(F)cc2c(=O)c(C(=O)O)cn(C3CC3)c12.Cl. The Balaban J connectivity index is 0.00000337. The van der Waals surface area contributed by atoms with Gasteiger partial charge < -0.3 is 29.5 Å². The fourth-order valence-electron chi connectivity index (χ4n) is 6.59. The Hall–Kier alpha value is -3.41. The van der Waals surface area contributed by atoms with Crippen molar-refractivity contribution in [3.05, 3.63) is 56.9 Å². The highest BCUT2D eigenvalue weighted by atomic mass is 35.5. The average molecular weight is 589 g/mol. The van der Waals surface area contributed by atoms with E-state index >= 15 is 4.39 Å². The van der Waals surface area contributed by atoms with Crippen molar-refractivity contribution in [1.29, 1.82) is 0 Å². The minimum absolute atomic E-state index is 0. The number of carboxylic acids is 1. The number of aliphatic hydroxyl groups is 1. The number of likely N-dealkylation sites (tertiary alicyclic amines) is 1. The monoisotopic (exact) mass is 588 g/mol. The van der Waals surface area contributed by atoms with Gasteiger partial charge in [0.15, 0.2) is 11.6 Å². The molecule has 1 saturated carbocycles. The first-order valence-corrected chi connectivity index (χ1v) is 13.7. The normalized spacial score (nSPS) is 20.6. The number of hydrogen-bond acceptors (Lipinski definition) is 8. The van der Waals surface area contributed by atoms with Gasteiger partial charge in [0.05, 0.1) is 30.3 Å². The van der Waals surface area contributed by atoms with Crippen molar-refractivity contribution in [2.24, 2.45) is 5.92 Å². The maximum atomic E-state index is 15.9. The molecule has 1 aromatic carbocycles. The minimum Gasteiger partial charge on any atom is -0.506 e. The third-order valence-corrected chi connectivity index (χ3v) is 8.75. The standard InChI is InChI=1S/C29H33FN4O6.ClH/c1-15-26(36)21(14-35)17(9-31-15)11-32-7-3-4-16-10-33(13-23(16)32)25-22(30)8-19-24(28(25)40-2)34(18-5-6-18)12-20(27(19)37)29(38)39;/h8-9,12,16,18,23,35-36H,3-7,10-11,13-14H2,1-2H3,(H,38,39);1H/t16-,23+;/m0./s1. The van der Waals surface area contributed by atoms with Gasteiger partial charge in [-0.25, -0.2) is 9.18 Å². The van der Waals surface area contributed by atoms with Crippen molar-refractivity contribution in [2.75, 3.05) is 31.6 Å². The molecular formula is C29H34ClFN4O6. The Kier molecular flexibility index (Phi) is 7.88. The van der Waals surface area contributed by atoms with Crippen LogP contribution in [0.15, 0.2) is 23.3 Å². The van der Waals surface area contributed by atoms with Gasteiger partial charge in [-0.2, -0.15) is 0 Å². The van der Waals surface area contributed by atoms with Crippen LogP contribution < -0.4 is 15.1 Å². The fourth-order valence-corrected chi connectivity index (χ4v) is 6.59. The van der Waals surface area contributed by atoms with E-state index in [-0.39, 0.29) is 65.2 Å². The second-order valence-corrected chi connectivity index (χ2v) is 11.2. The number of halogens is 2. The number of carbonyl (C=O) groups is 1. The van der Waals surface area contributed by atoms with Crippen LogP contribution in [-0.2, 0) is 13.2 Å². The van der Waals surface area contributed by atoms with Crippen LogP contribution in [0.4, 0.5) is 10.1 Å². The Morgan fingerprint density at radius 3 is 2.66 bits per heavy atom. The molecule has 1 aliphatic carbocycles. The summed E-state index contributed by atoms with van der Waals surface area (Å²) in [4.78, 5) is 33.4. The van der Waals surface area contributed by atoms with Crippen molar-refractivity contribution in [3.8, 4) is 11.5 Å². The molecule has 0 bridgehead atoms. The van der Waals surface area contributed by atoms with E-state index in [1.165, 1.54) is 13.3 Å². The lowest BCUT2D eigenvalue weighted by molar-refractivity contribution is 0.0694. The van der Waals surface area contributed by atoms with Crippen LogP contribution in [0.2, 0.25) is 0 Å². The quantitative estimate of drug-likeness (QED) is 0.379. The number of piperidine rings is 1. The van der Waals surface area contributed by atoms with Crippen molar-refractivity contribution in [2.45, 2.75) is 57.8 Å². The molecule has 2 saturated heterocycles. The maximum Gasteiger partial charge on any atom is 0.341 e. The van der Waals surface area contributed by atoms with Crippen LogP contribution >= 0.6 is 12.4 Å². The molecule has 41 heavy (non-hydrogen) atoms. The van der Waals surface area contributed by atoms with Crippen LogP contribution in [0.3, 0.4) is 0 Å². The molecule has 10 nitrogen and oxygen atoms in total. The second-order valence-electron chi connectivity index (χ2n) is 11.2. The van der Waals surface area contributed by atoms with Crippen LogP contribution in [-0.4, -0.2) is 68.5 Å². The molecule has 0 amide bonds. The average Bonchev–Trinajstić information content (AvgIpc) is 3.68. The highest BCUT2D eigenvalue weighted by Crippen LogP contribution is 2.45. The van der Waals surface area contributed by atoms with Gasteiger partial charge in [0.25, 0.3) is 0 Å². The summed E-state index contributed by atoms with van der Waals surface area (Å²) in [7, 11) is 1.45. The highest BCUT2D eigenvalue weighted by Gasteiger charge is 2.41. The first kappa shape index (κ1) is 29.1. The van der Waals surface area contributed by atoms with E-state index in [9.17, 15) is 24.9 Å². The Morgan fingerprint density at radius 2 is 2.00 bits per heavy atom. The number of pyridine rings is 2. The lowest BCUT2D eigenvalue weighted by Crippen LogP contribution is -2.44. The topological polar surface area (TPSA) is 128 Å². The summed E-state index contributed by atoms with van der Waals surface area (Å²) in [6, 6.07) is 1.29. The zero-order valence-electron chi connectivity index (χ0n) is 23.0. The number of aryl methyl sites for hydroxylation is 1. The first-order chi connectivity index (χ1) is 19.2. The predicted octanol–water partition coefficient (Wildman–Crippen LogP) is 3.61. The Labute approximate surface area is 242 Å². The number of methoxy groups -OCH3 is 1. The lowest BCUT2D eigenvalue weighted by atomic mass is 9.91. The van der Waals surface area contributed by atoms with Crippen LogP contribution in [0.1, 0.15) is 58.9 Å². The van der Waals surface area contributed by atoms with Crippen molar-refractivity contribution in [3.63, 3.8) is 0 Å². The van der Waals surface area contributed by atoms with E-state index in [1.54, 1.807) is 17.7 Å². The van der Waals surface area contributed by atoms with Crippen LogP contribution in [0.25, 0.3) is 10.9 Å². The van der Waals surface area contributed by atoms with Gasteiger partial charge in [-0.3, -0.25) is 14.7 Å². The van der Waals surface area contributed by atoms with Gasteiger partial charge in [-0.15, -0.1) is 12.4 Å². The van der Waals surface area contributed by atoms with Gasteiger partial charge in [-0.1, -0.05) is 0 Å². The third-order valence-electron chi connectivity index (χ3n) is 8.75. The summed E-state index contributed by atoms with van der Waals surface area (Å²) in [6.07, 6.45) is 6.69. The van der Waals surface area contributed by atoms with E-state index in [0.29, 0.717) is 36.4 Å². The number of benzene rings is 1. The van der Waals surface area contributed by atoms with Crippen LogP contribution in [0, 0.1) is 18.7 Å². The molecule has 4 heterocycles. The van der Waals surface area contributed by atoms with E-state index in [4.69, 9.17) is 4.74 Å². The number of rotatable bonds is 7. The van der Waals surface area contributed by atoms with Gasteiger partial charge in [0, 0.05) is 49.7 Å². The van der Waals surface area contributed by atoms with E-state index in [0.717, 1.165) is 43.9 Å². The number of aromatic carboxylic acids is 1. The highest BCUT2D eigenvalue weighted by molar-refractivity contribution is 5.97. The van der Waals surface area contributed by atoms with Crippen LogP contribution in [0.5, 0.6) is 11.5 Å². The molecule has 0 unspecified atom stereocenters. The Bertz CT molecular complexity index is 1580. The first-order valence-electron chi connectivity index (χ1n) is 13.7. The summed E-state index contributed by atoms with van der Waals surface area (Å²) in [6.45, 7) is 3.87. The maximum absolute atomic E-state index is 15.9. The zero-order chi connectivity index (χ0) is 28.3. The molecule has 2 aromatic heterocycles. The zero-order valence-corrected chi connectivity index (χ0v) is 23.8. The van der Waals surface area contributed by atoms with E-state index in [1.807, 2.05) is 4.90 Å². The number of fused-ring (bicyclic) bond motifs is 2. The molecule has 0 spiro atoms. The summed E-state index contributed by atoms with van der Waals surface area (Å²) in [5.41, 5.74) is 1.32. The molecule has 3 fully saturated rings. The van der Waals surface area contributed by atoms with E-state index < -0.39 is 17.2 Å². The number of anilines is 1. The van der Waals surface area contributed by atoms with Gasteiger partial charge in [-0.05, 0) is 56.7 Å². The lowest BCUT2D eigenvalue weighted by Gasteiger charge is -2.37. The number of aromatic hydroxyl groups is 1. The smallest absolute Gasteiger partial charge is 0.341 e. The number of carboxylic acid groups (broad SMARTS) is 1.